The third-order valence-corrected chi connectivity index (χ3v) is 4.88. The molecule has 0 spiro atoms. The van der Waals surface area contributed by atoms with Crippen molar-refractivity contribution in [3.63, 3.8) is 0 Å². The first kappa shape index (κ1) is 24.7. The third kappa shape index (κ3) is 5.89. The van der Waals surface area contributed by atoms with Crippen LogP contribution in [0.2, 0.25) is 0 Å². The minimum atomic E-state index is -4.48. The Morgan fingerprint density at radius 1 is 1.06 bits per heavy atom. The average molecular weight is 473 g/mol. The smallest absolute Gasteiger partial charge is 0.417 e. The Morgan fingerprint density at radius 2 is 1.74 bits per heavy atom. The molecule has 7 nitrogen and oxygen atoms in total. The highest BCUT2D eigenvalue weighted by Gasteiger charge is 2.33. The number of amides is 1. The molecule has 34 heavy (non-hydrogen) atoms. The van der Waals surface area contributed by atoms with Gasteiger partial charge < -0.3 is 15.2 Å². The lowest BCUT2D eigenvalue weighted by Gasteiger charge is -2.13. The number of hydrogen-bond acceptors (Lipinski definition) is 6. The van der Waals surface area contributed by atoms with Crippen LogP contribution in [0, 0.1) is 6.92 Å². The van der Waals surface area contributed by atoms with E-state index in [2.05, 4.69) is 15.3 Å². The van der Waals surface area contributed by atoms with Crippen molar-refractivity contribution in [1.29, 1.82) is 0 Å². The molecule has 1 amide bonds. The summed E-state index contributed by atoms with van der Waals surface area (Å²) in [4.78, 5) is 32.1. The Morgan fingerprint density at radius 3 is 2.38 bits per heavy atom. The second-order valence-corrected chi connectivity index (χ2v) is 7.33. The second kappa shape index (κ2) is 10.3. The molecule has 0 aliphatic heterocycles. The molecule has 178 valence electrons. The van der Waals surface area contributed by atoms with Gasteiger partial charge in [0.25, 0.3) is 5.91 Å². The van der Waals surface area contributed by atoms with Crippen LogP contribution in [0.15, 0.2) is 48.5 Å². The number of benzene rings is 2. The summed E-state index contributed by atoms with van der Waals surface area (Å²) in [6.07, 6.45) is -4.31. The van der Waals surface area contributed by atoms with Gasteiger partial charge in [-0.15, -0.1) is 0 Å². The highest BCUT2D eigenvalue weighted by atomic mass is 19.4. The molecule has 2 N–H and O–H groups in total. The molecule has 0 aliphatic rings. The first-order valence-corrected chi connectivity index (χ1v) is 10.4. The van der Waals surface area contributed by atoms with Gasteiger partial charge in [0.2, 0.25) is 0 Å². The number of nitrogens with zero attached hydrogens (tertiary/aromatic N) is 2. The van der Waals surface area contributed by atoms with Crippen molar-refractivity contribution in [1.82, 2.24) is 15.3 Å². The van der Waals surface area contributed by atoms with Crippen LogP contribution < -0.4 is 5.32 Å². The van der Waals surface area contributed by atoms with Crippen LogP contribution in [0.4, 0.5) is 13.2 Å². The number of carbonyl (C=O) groups excluding carboxylic acids is 2. The molecule has 1 aromatic heterocycles. The van der Waals surface area contributed by atoms with Gasteiger partial charge in [0, 0.05) is 6.42 Å². The van der Waals surface area contributed by atoms with Gasteiger partial charge in [-0.1, -0.05) is 42.5 Å². The Hall–Kier alpha value is -3.95. The summed E-state index contributed by atoms with van der Waals surface area (Å²) in [6, 6.07) is 11.8. The third-order valence-electron chi connectivity index (χ3n) is 4.88. The molecule has 1 heterocycles. The topological polar surface area (TPSA) is 101 Å². The molecule has 3 rings (SSSR count). The molecule has 0 aliphatic carbocycles. The molecule has 0 bridgehead atoms. The number of nitrogens with one attached hydrogen (secondary N) is 1. The summed E-state index contributed by atoms with van der Waals surface area (Å²) in [6.45, 7) is 2.91. The molecule has 2 aromatic carbocycles. The predicted octanol–water partition coefficient (Wildman–Crippen LogP) is 4.06. The van der Waals surface area contributed by atoms with Crippen LogP contribution in [0.3, 0.4) is 0 Å². The lowest BCUT2D eigenvalue weighted by Crippen LogP contribution is -2.31. The quantitative estimate of drug-likeness (QED) is 0.502. The molecule has 0 radical (unpaired) electrons. The van der Waals surface area contributed by atoms with Crippen molar-refractivity contribution in [2.24, 2.45) is 0 Å². The average Bonchev–Trinajstić information content (AvgIpc) is 2.80. The standard InChI is InChI=1S/C24H22F3N3O4/c1-3-34-20(31)13-28-23(33)21-22(32)14(2)29-19(30-21)12-15-8-10-16(11-9-15)17-6-4-5-7-18(17)24(25,26)27/h4-11,32H,3,12-13H2,1-2H3,(H,28,33). The molecule has 0 unspecified atom stereocenters. The van der Waals surface area contributed by atoms with Crippen LogP contribution >= 0.6 is 0 Å². The van der Waals surface area contributed by atoms with Crippen LogP contribution in [-0.2, 0) is 22.1 Å². The lowest BCUT2D eigenvalue weighted by atomic mass is 9.98. The molecule has 0 atom stereocenters. The molecule has 3 aromatic rings. The maximum absolute atomic E-state index is 13.3. The van der Waals surface area contributed by atoms with Crippen LogP contribution in [0.1, 0.15) is 40.1 Å². The molecule has 0 saturated carbocycles. The summed E-state index contributed by atoms with van der Waals surface area (Å²) in [5.41, 5.74) is 0.316. The van der Waals surface area contributed by atoms with Gasteiger partial charge >= 0.3 is 12.1 Å². The van der Waals surface area contributed by atoms with E-state index in [1.54, 1.807) is 37.3 Å². The SMILES string of the molecule is CCOC(=O)CNC(=O)c1nc(Cc2ccc(-c3ccccc3C(F)(F)F)cc2)nc(C)c1O. The molecular weight excluding hydrogens is 451 g/mol. The summed E-state index contributed by atoms with van der Waals surface area (Å²) < 4.78 is 44.7. The number of halogens is 3. The summed E-state index contributed by atoms with van der Waals surface area (Å²) in [7, 11) is 0. The van der Waals surface area contributed by atoms with Crippen molar-refractivity contribution in [2.45, 2.75) is 26.4 Å². The van der Waals surface area contributed by atoms with Gasteiger partial charge in [-0.2, -0.15) is 13.2 Å². The monoisotopic (exact) mass is 473 g/mol. The number of rotatable bonds is 7. The van der Waals surface area contributed by atoms with Gasteiger partial charge in [-0.3, -0.25) is 9.59 Å². The molecule has 0 fully saturated rings. The predicted molar refractivity (Wildman–Crippen MR) is 117 cm³/mol. The van der Waals surface area contributed by atoms with E-state index in [0.717, 1.165) is 6.07 Å². The number of aromatic nitrogens is 2. The first-order valence-electron chi connectivity index (χ1n) is 10.4. The molecule has 0 saturated heterocycles. The summed E-state index contributed by atoms with van der Waals surface area (Å²) >= 11 is 0. The number of aromatic hydroxyl groups is 1. The van der Waals surface area contributed by atoms with Gasteiger partial charge in [-0.25, -0.2) is 9.97 Å². The minimum absolute atomic E-state index is 0.0684. The molecular formula is C24H22F3N3O4. The zero-order valence-corrected chi connectivity index (χ0v) is 18.4. The molecule has 10 heteroatoms. The van der Waals surface area contributed by atoms with Crippen molar-refractivity contribution in [2.75, 3.05) is 13.2 Å². The largest absolute Gasteiger partial charge is 0.504 e. The van der Waals surface area contributed by atoms with Gasteiger partial charge in [0.1, 0.15) is 12.4 Å². The lowest BCUT2D eigenvalue weighted by molar-refractivity contribution is -0.142. The Labute approximate surface area is 193 Å². The van der Waals surface area contributed by atoms with E-state index >= 15 is 0 Å². The van der Waals surface area contributed by atoms with E-state index in [1.165, 1.54) is 19.1 Å². The number of alkyl halides is 3. The highest BCUT2D eigenvalue weighted by Crippen LogP contribution is 2.37. The Kier molecular flexibility index (Phi) is 7.50. The summed E-state index contributed by atoms with van der Waals surface area (Å²) in [5.74, 6) is -1.59. The fraction of sp³-hybridized carbons (Fsp3) is 0.250. The van der Waals surface area contributed by atoms with Gasteiger partial charge in [0.05, 0.1) is 17.9 Å². The van der Waals surface area contributed by atoms with Crippen LogP contribution in [-0.4, -0.2) is 40.1 Å². The zero-order valence-electron chi connectivity index (χ0n) is 18.4. The van der Waals surface area contributed by atoms with Gasteiger partial charge in [-0.05, 0) is 36.6 Å². The van der Waals surface area contributed by atoms with E-state index in [1.807, 2.05) is 0 Å². The number of carbonyl (C=O) groups is 2. The van der Waals surface area contributed by atoms with Crippen molar-refractivity contribution < 1.29 is 32.6 Å². The normalized spacial score (nSPS) is 11.2. The Balaban J connectivity index is 1.80. The first-order chi connectivity index (χ1) is 16.1. The van der Waals surface area contributed by atoms with Crippen molar-refractivity contribution in [3.05, 3.63) is 76.9 Å². The summed E-state index contributed by atoms with van der Waals surface area (Å²) in [5, 5.41) is 12.5. The fourth-order valence-electron chi connectivity index (χ4n) is 3.28. The highest BCUT2D eigenvalue weighted by molar-refractivity contribution is 5.96. The van der Waals surface area contributed by atoms with Crippen LogP contribution in [0.25, 0.3) is 11.1 Å². The van der Waals surface area contributed by atoms with E-state index in [-0.39, 0.29) is 42.3 Å². The second-order valence-electron chi connectivity index (χ2n) is 7.33. The van der Waals surface area contributed by atoms with E-state index in [4.69, 9.17) is 4.74 Å². The Bertz CT molecular complexity index is 1200. The maximum atomic E-state index is 13.3. The van der Waals surface area contributed by atoms with Crippen molar-refractivity contribution in [3.8, 4) is 16.9 Å². The number of ether oxygens (including phenoxy) is 1. The van der Waals surface area contributed by atoms with E-state index in [9.17, 15) is 27.9 Å². The van der Waals surface area contributed by atoms with E-state index < -0.39 is 29.4 Å². The number of hydrogen-bond donors (Lipinski definition) is 2. The zero-order chi connectivity index (χ0) is 24.9. The van der Waals surface area contributed by atoms with E-state index in [0.29, 0.717) is 11.1 Å². The fourth-order valence-corrected chi connectivity index (χ4v) is 3.28. The van der Waals surface area contributed by atoms with Crippen molar-refractivity contribution >= 4 is 11.9 Å². The van der Waals surface area contributed by atoms with Crippen LogP contribution in [0.5, 0.6) is 5.75 Å². The number of aryl methyl sites for hydroxylation is 1. The van der Waals surface area contributed by atoms with Gasteiger partial charge in [0.15, 0.2) is 11.4 Å². The number of esters is 1. The maximum Gasteiger partial charge on any atom is 0.417 e. The minimum Gasteiger partial charge on any atom is -0.504 e.